The summed E-state index contributed by atoms with van der Waals surface area (Å²) in [5.41, 5.74) is 0.163. The first-order valence-corrected chi connectivity index (χ1v) is 5.14. The van der Waals surface area contributed by atoms with E-state index in [4.69, 9.17) is 5.26 Å². The van der Waals surface area contributed by atoms with Gasteiger partial charge in [0, 0.05) is 16.2 Å². The van der Waals surface area contributed by atoms with Gasteiger partial charge in [-0.15, -0.1) is 0 Å². The number of nitriles is 1. The van der Waals surface area contributed by atoms with Crippen LogP contribution in [0.3, 0.4) is 0 Å². The minimum atomic E-state index is -2.60. The Kier molecular flexibility index (Phi) is 3.96. The fourth-order valence-electron chi connectivity index (χ4n) is 0.919. The van der Waals surface area contributed by atoms with Crippen LogP contribution in [0.15, 0.2) is 15.1 Å². The first-order valence-electron chi connectivity index (χ1n) is 3.55. The van der Waals surface area contributed by atoms with Gasteiger partial charge in [-0.2, -0.15) is 5.26 Å². The summed E-state index contributed by atoms with van der Waals surface area (Å²) in [5, 5.41) is 8.43. The van der Waals surface area contributed by atoms with E-state index < -0.39 is 6.43 Å². The molecule has 0 aliphatic carbocycles. The van der Waals surface area contributed by atoms with Crippen LogP contribution in [0.4, 0.5) is 8.78 Å². The third-order valence-corrected chi connectivity index (χ3v) is 3.06. The van der Waals surface area contributed by atoms with Gasteiger partial charge < -0.3 is 0 Å². The SMILES string of the molecule is N#CCc1ncc(Br)c(C(F)F)c1Br. The molecule has 0 amide bonds. The number of halogens is 4. The fraction of sp³-hybridized carbons (Fsp3) is 0.250. The number of hydrogen-bond donors (Lipinski definition) is 0. The lowest BCUT2D eigenvalue weighted by molar-refractivity contribution is 0.149. The Morgan fingerprint density at radius 2 is 2.14 bits per heavy atom. The number of rotatable bonds is 2. The summed E-state index contributed by atoms with van der Waals surface area (Å²) in [4.78, 5) is 3.86. The highest BCUT2D eigenvalue weighted by Gasteiger charge is 2.18. The minimum absolute atomic E-state index is 0.00752. The molecule has 0 aliphatic rings. The van der Waals surface area contributed by atoms with E-state index in [1.165, 1.54) is 6.20 Å². The van der Waals surface area contributed by atoms with Crippen molar-refractivity contribution in [1.82, 2.24) is 4.98 Å². The standard InChI is InChI=1S/C8H4Br2F2N2/c9-4-3-14-5(1-2-13)7(10)6(4)8(11)12/h3,8H,1H2. The molecular weight excluding hydrogens is 322 g/mol. The summed E-state index contributed by atoms with van der Waals surface area (Å²) in [7, 11) is 0. The average Bonchev–Trinajstić information content (AvgIpc) is 2.10. The van der Waals surface area contributed by atoms with Crippen LogP contribution in [0.25, 0.3) is 0 Å². The topological polar surface area (TPSA) is 36.7 Å². The van der Waals surface area contributed by atoms with E-state index in [1.54, 1.807) is 0 Å². The monoisotopic (exact) mass is 324 g/mol. The molecule has 6 heteroatoms. The molecule has 1 rings (SSSR count). The van der Waals surface area contributed by atoms with Gasteiger partial charge in [0.25, 0.3) is 6.43 Å². The Labute approximate surface area is 96.2 Å². The average molecular weight is 326 g/mol. The van der Waals surface area contributed by atoms with Crippen molar-refractivity contribution in [3.63, 3.8) is 0 Å². The number of nitrogens with zero attached hydrogens (tertiary/aromatic N) is 2. The predicted octanol–water partition coefficient (Wildman–Crippen LogP) is 3.61. The van der Waals surface area contributed by atoms with E-state index >= 15 is 0 Å². The van der Waals surface area contributed by atoms with Crippen molar-refractivity contribution in [1.29, 1.82) is 5.26 Å². The summed E-state index contributed by atoms with van der Waals surface area (Å²) < 4.78 is 25.5. The van der Waals surface area contributed by atoms with Crippen LogP contribution in [-0.4, -0.2) is 4.98 Å². The van der Waals surface area contributed by atoms with Crippen LogP contribution >= 0.6 is 31.9 Å². The van der Waals surface area contributed by atoms with Gasteiger partial charge in [0.2, 0.25) is 0 Å². The Morgan fingerprint density at radius 3 is 2.64 bits per heavy atom. The lowest BCUT2D eigenvalue weighted by Crippen LogP contribution is -1.97. The predicted molar refractivity (Wildman–Crippen MR) is 53.9 cm³/mol. The van der Waals surface area contributed by atoms with Crippen LogP contribution in [-0.2, 0) is 6.42 Å². The van der Waals surface area contributed by atoms with Gasteiger partial charge in [-0.1, -0.05) is 0 Å². The summed E-state index contributed by atoms with van der Waals surface area (Å²) in [6.45, 7) is 0. The second-order valence-corrected chi connectivity index (χ2v) is 4.06. The Balaban J connectivity index is 3.28. The maximum atomic E-state index is 12.5. The molecular formula is C8H4Br2F2N2. The zero-order chi connectivity index (χ0) is 10.7. The zero-order valence-corrected chi connectivity index (χ0v) is 9.94. The van der Waals surface area contributed by atoms with Crippen LogP contribution in [0.2, 0.25) is 0 Å². The van der Waals surface area contributed by atoms with E-state index in [0.717, 1.165) is 0 Å². The van der Waals surface area contributed by atoms with Crippen molar-refractivity contribution < 1.29 is 8.78 Å². The number of aromatic nitrogens is 1. The number of alkyl halides is 2. The molecule has 0 atom stereocenters. The smallest absolute Gasteiger partial charge is 0.258 e. The normalized spacial score (nSPS) is 10.3. The van der Waals surface area contributed by atoms with Gasteiger partial charge in [0.05, 0.1) is 22.7 Å². The summed E-state index contributed by atoms with van der Waals surface area (Å²) in [6, 6.07) is 1.86. The van der Waals surface area contributed by atoms with Gasteiger partial charge in [-0.25, -0.2) is 8.78 Å². The lowest BCUT2D eigenvalue weighted by Gasteiger charge is -2.08. The highest BCUT2D eigenvalue weighted by molar-refractivity contribution is 9.11. The molecule has 1 aromatic rings. The van der Waals surface area contributed by atoms with Crippen molar-refractivity contribution in [2.24, 2.45) is 0 Å². The third kappa shape index (κ3) is 2.28. The summed E-state index contributed by atoms with van der Waals surface area (Å²) >= 11 is 5.99. The molecule has 0 saturated carbocycles. The highest BCUT2D eigenvalue weighted by atomic mass is 79.9. The number of hydrogen-bond acceptors (Lipinski definition) is 2. The Hall–Kier alpha value is -0.540. The van der Waals surface area contributed by atoms with Crippen LogP contribution in [0, 0.1) is 11.3 Å². The third-order valence-electron chi connectivity index (χ3n) is 1.55. The van der Waals surface area contributed by atoms with Crippen molar-refractivity contribution >= 4 is 31.9 Å². The molecule has 14 heavy (non-hydrogen) atoms. The van der Waals surface area contributed by atoms with E-state index in [1.807, 2.05) is 6.07 Å². The molecule has 0 aliphatic heterocycles. The van der Waals surface area contributed by atoms with Crippen molar-refractivity contribution in [2.45, 2.75) is 12.8 Å². The molecule has 2 nitrogen and oxygen atoms in total. The fourth-order valence-corrected chi connectivity index (χ4v) is 2.29. The second kappa shape index (κ2) is 4.80. The molecule has 0 fully saturated rings. The maximum absolute atomic E-state index is 12.5. The Morgan fingerprint density at radius 1 is 1.50 bits per heavy atom. The molecule has 1 heterocycles. The van der Waals surface area contributed by atoms with Crippen molar-refractivity contribution in [3.05, 3.63) is 26.4 Å². The van der Waals surface area contributed by atoms with Gasteiger partial charge in [0.15, 0.2) is 0 Å². The Bertz CT molecular complexity index is 388. The van der Waals surface area contributed by atoms with Crippen molar-refractivity contribution in [2.75, 3.05) is 0 Å². The van der Waals surface area contributed by atoms with Crippen molar-refractivity contribution in [3.8, 4) is 6.07 Å². The van der Waals surface area contributed by atoms with E-state index in [-0.39, 0.29) is 20.9 Å². The first-order chi connectivity index (χ1) is 6.57. The van der Waals surface area contributed by atoms with Crippen LogP contribution in [0.1, 0.15) is 17.7 Å². The molecule has 0 bridgehead atoms. The van der Waals surface area contributed by atoms with Gasteiger partial charge in [-0.05, 0) is 31.9 Å². The molecule has 0 aromatic carbocycles. The zero-order valence-electron chi connectivity index (χ0n) is 6.77. The molecule has 0 spiro atoms. The van der Waals surface area contributed by atoms with Gasteiger partial charge in [0.1, 0.15) is 0 Å². The molecule has 0 saturated heterocycles. The highest BCUT2D eigenvalue weighted by Crippen LogP contribution is 2.34. The second-order valence-electron chi connectivity index (χ2n) is 2.42. The van der Waals surface area contributed by atoms with Gasteiger partial charge >= 0.3 is 0 Å². The molecule has 74 valence electrons. The summed E-state index contributed by atoms with van der Waals surface area (Å²) in [6.07, 6.45) is -1.31. The van der Waals surface area contributed by atoms with Gasteiger partial charge in [-0.3, -0.25) is 4.98 Å². The van der Waals surface area contributed by atoms with E-state index in [2.05, 4.69) is 36.8 Å². The van der Waals surface area contributed by atoms with E-state index in [0.29, 0.717) is 5.69 Å². The molecule has 0 N–H and O–H groups in total. The molecule has 0 unspecified atom stereocenters. The quantitative estimate of drug-likeness (QED) is 0.832. The first kappa shape index (κ1) is 11.5. The largest absolute Gasteiger partial charge is 0.266 e. The molecule has 1 aromatic heterocycles. The molecule has 0 radical (unpaired) electrons. The maximum Gasteiger partial charge on any atom is 0.266 e. The summed E-state index contributed by atoms with van der Waals surface area (Å²) in [5.74, 6) is 0. The minimum Gasteiger partial charge on any atom is -0.258 e. The van der Waals surface area contributed by atoms with Crippen LogP contribution in [0.5, 0.6) is 0 Å². The lowest BCUT2D eigenvalue weighted by atomic mass is 10.2. The number of pyridine rings is 1. The van der Waals surface area contributed by atoms with Crippen LogP contribution < -0.4 is 0 Å². The van der Waals surface area contributed by atoms with E-state index in [9.17, 15) is 8.78 Å².